The van der Waals surface area contributed by atoms with Crippen molar-refractivity contribution in [2.75, 3.05) is 0 Å². The molecule has 0 N–H and O–H groups in total. The van der Waals surface area contributed by atoms with E-state index in [1.54, 1.807) is 17.2 Å². The SMILES string of the molecule is CC(C)(C#N)c1cc(/C=C/n2cncn2)cc(C(C)(C)C#N)c1. The van der Waals surface area contributed by atoms with Gasteiger partial charge in [0.15, 0.2) is 0 Å². The third-order valence-electron chi connectivity index (χ3n) is 3.81. The molecule has 23 heavy (non-hydrogen) atoms. The maximum absolute atomic E-state index is 9.41. The van der Waals surface area contributed by atoms with Crippen molar-refractivity contribution < 1.29 is 0 Å². The highest BCUT2D eigenvalue weighted by molar-refractivity contribution is 5.63. The fourth-order valence-electron chi connectivity index (χ4n) is 2.06. The average molecular weight is 305 g/mol. The summed E-state index contributed by atoms with van der Waals surface area (Å²) in [4.78, 5) is 3.89. The van der Waals surface area contributed by atoms with E-state index in [0.29, 0.717) is 0 Å². The number of hydrogen-bond donors (Lipinski definition) is 0. The molecule has 5 heteroatoms. The van der Waals surface area contributed by atoms with Crippen LogP contribution in [0.4, 0.5) is 0 Å². The Morgan fingerprint density at radius 3 is 2.00 bits per heavy atom. The predicted molar refractivity (Wildman–Crippen MR) is 89.0 cm³/mol. The number of nitriles is 2. The van der Waals surface area contributed by atoms with E-state index < -0.39 is 10.8 Å². The highest BCUT2D eigenvalue weighted by atomic mass is 15.3. The molecule has 0 amide bonds. The van der Waals surface area contributed by atoms with Crippen LogP contribution in [0, 0.1) is 22.7 Å². The fourth-order valence-corrected chi connectivity index (χ4v) is 2.06. The second kappa shape index (κ2) is 6.06. The Hall–Kier alpha value is -2.92. The molecule has 116 valence electrons. The largest absolute Gasteiger partial charge is 0.228 e. The first-order chi connectivity index (χ1) is 10.8. The van der Waals surface area contributed by atoms with Crippen LogP contribution in [0.25, 0.3) is 12.3 Å². The molecular formula is C18H19N5. The standard InChI is InChI=1S/C18H19N5/c1-17(2,10-19)15-7-14(5-6-23-13-21-12-22-23)8-16(9-15)18(3,4)11-20/h5-9,12-13H,1-4H3/b6-5+. The van der Waals surface area contributed by atoms with Gasteiger partial charge in [-0.15, -0.1) is 0 Å². The van der Waals surface area contributed by atoms with E-state index in [2.05, 4.69) is 22.2 Å². The smallest absolute Gasteiger partial charge is 0.138 e. The molecule has 2 aromatic rings. The van der Waals surface area contributed by atoms with Crippen LogP contribution >= 0.6 is 0 Å². The zero-order valence-electron chi connectivity index (χ0n) is 13.8. The molecule has 0 unspecified atom stereocenters. The van der Waals surface area contributed by atoms with E-state index in [1.165, 1.54) is 6.33 Å². The van der Waals surface area contributed by atoms with Crippen LogP contribution in [0.5, 0.6) is 0 Å². The van der Waals surface area contributed by atoms with Gasteiger partial charge in [-0.3, -0.25) is 0 Å². The lowest BCUT2D eigenvalue weighted by Crippen LogP contribution is -2.19. The highest BCUT2D eigenvalue weighted by Gasteiger charge is 2.25. The summed E-state index contributed by atoms with van der Waals surface area (Å²) in [5.74, 6) is 0. The van der Waals surface area contributed by atoms with Gasteiger partial charge < -0.3 is 0 Å². The summed E-state index contributed by atoms with van der Waals surface area (Å²) in [5, 5.41) is 22.8. The zero-order chi connectivity index (χ0) is 17.1. The molecule has 0 bridgehead atoms. The summed E-state index contributed by atoms with van der Waals surface area (Å²) in [7, 11) is 0. The first-order valence-electron chi connectivity index (χ1n) is 7.29. The monoisotopic (exact) mass is 305 g/mol. The predicted octanol–water partition coefficient (Wildman–Crippen LogP) is 3.51. The summed E-state index contributed by atoms with van der Waals surface area (Å²) >= 11 is 0. The van der Waals surface area contributed by atoms with E-state index in [4.69, 9.17) is 0 Å². The Bertz CT molecular complexity index is 755. The molecular weight excluding hydrogens is 286 g/mol. The van der Waals surface area contributed by atoms with Crippen molar-refractivity contribution in [3.8, 4) is 12.1 Å². The van der Waals surface area contributed by atoms with Crippen molar-refractivity contribution in [1.29, 1.82) is 10.5 Å². The second-order valence-corrected chi connectivity index (χ2v) is 6.51. The van der Waals surface area contributed by atoms with Crippen molar-refractivity contribution in [3.63, 3.8) is 0 Å². The average Bonchev–Trinajstić information content (AvgIpc) is 3.06. The van der Waals surface area contributed by atoms with Crippen LogP contribution in [0.2, 0.25) is 0 Å². The van der Waals surface area contributed by atoms with Gasteiger partial charge in [0.1, 0.15) is 12.7 Å². The number of hydrogen-bond acceptors (Lipinski definition) is 4. The third kappa shape index (κ3) is 3.64. The van der Waals surface area contributed by atoms with Gasteiger partial charge in [-0.05, 0) is 50.5 Å². The summed E-state index contributed by atoms with van der Waals surface area (Å²) < 4.78 is 1.59. The number of nitrogens with zero attached hydrogens (tertiary/aromatic N) is 5. The minimum atomic E-state index is -0.628. The van der Waals surface area contributed by atoms with Crippen LogP contribution in [0.15, 0.2) is 30.9 Å². The molecule has 0 aliphatic heterocycles. The summed E-state index contributed by atoms with van der Waals surface area (Å²) in [6.45, 7) is 7.49. The topological polar surface area (TPSA) is 78.3 Å². The van der Waals surface area contributed by atoms with Gasteiger partial charge in [-0.2, -0.15) is 15.6 Å². The Labute approximate surface area is 136 Å². The maximum atomic E-state index is 9.41. The van der Waals surface area contributed by atoms with Gasteiger partial charge in [0.25, 0.3) is 0 Å². The van der Waals surface area contributed by atoms with Crippen LogP contribution in [-0.4, -0.2) is 14.8 Å². The molecule has 0 saturated heterocycles. The van der Waals surface area contributed by atoms with Crippen LogP contribution in [0.3, 0.4) is 0 Å². The Morgan fingerprint density at radius 2 is 1.57 bits per heavy atom. The fraction of sp³-hybridized carbons (Fsp3) is 0.333. The molecule has 1 aromatic carbocycles. The maximum Gasteiger partial charge on any atom is 0.138 e. The molecule has 0 spiro atoms. The van der Waals surface area contributed by atoms with E-state index in [1.807, 2.05) is 52.0 Å². The van der Waals surface area contributed by atoms with Gasteiger partial charge >= 0.3 is 0 Å². The van der Waals surface area contributed by atoms with Crippen LogP contribution in [-0.2, 0) is 10.8 Å². The second-order valence-electron chi connectivity index (χ2n) is 6.51. The lowest BCUT2D eigenvalue weighted by atomic mass is 9.79. The first-order valence-corrected chi connectivity index (χ1v) is 7.29. The van der Waals surface area contributed by atoms with Gasteiger partial charge in [-0.25, -0.2) is 9.67 Å². The van der Waals surface area contributed by atoms with Crippen molar-refractivity contribution in [1.82, 2.24) is 14.8 Å². The van der Waals surface area contributed by atoms with Crippen molar-refractivity contribution >= 4 is 12.3 Å². The van der Waals surface area contributed by atoms with Gasteiger partial charge in [0.2, 0.25) is 0 Å². The van der Waals surface area contributed by atoms with E-state index in [-0.39, 0.29) is 0 Å². The summed E-state index contributed by atoms with van der Waals surface area (Å²) in [6, 6.07) is 10.5. The lowest BCUT2D eigenvalue weighted by molar-refractivity contribution is 0.661. The molecule has 0 radical (unpaired) electrons. The van der Waals surface area contributed by atoms with Gasteiger partial charge in [0.05, 0.1) is 23.0 Å². The van der Waals surface area contributed by atoms with E-state index >= 15 is 0 Å². The molecule has 0 saturated carbocycles. The van der Waals surface area contributed by atoms with Crippen LogP contribution in [0.1, 0.15) is 44.4 Å². The summed E-state index contributed by atoms with van der Waals surface area (Å²) in [6.07, 6.45) is 6.74. The molecule has 1 aromatic heterocycles. The minimum Gasteiger partial charge on any atom is -0.228 e. The molecule has 1 heterocycles. The third-order valence-corrected chi connectivity index (χ3v) is 3.81. The van der Waals surface area contributed by atoms with Crippen molar-refractivity contribution in [2.45, 2.75) is 38.5 Å². The quantitative estimate of drug-likeness (QED) is 0.866. The Kier molecular flexibility index (Phi) is 4.33. The van der Waals surface area contributed by atoms with Crippen molar-refractivity contribution in [3.05, 3.63) is 47.5 Å². The number of rotatable bonds is 4. The molecule has 0 aliphatic carbocycles. The number of aromatic nitrogens is 3. The normalized spacial score (nSPS) is 12.1. The van der Waals surface area contributed by atoms with Gasteiger partial charge in [0, 0.05) is 6.20 Å². The lowest BCUT2D eigenvalue weighted by Gasteiger charge is -2.22. The molecule has 0 fully saturated rings. The molecule has 0 aliphatic rings. The summed E-state index contributed by atoms with van der Waals surface area (Å²) in [5.41, 5.74) is 1.44. The molecule has 2 rings (SSSR count). The zero-order valence-corrected chi connectivity index (χ0v) is 13.8. The highest BCUT2D eigenvalue weighted by Crippen LogP contribution is 2.30. The van der Waals surface area contributed by atoms with Crippen LogP contribution < -0.4 is 0 Å². The van der Waals surface area contributed by atoms with E-state index in [9.17, 15) is 10.5 Å². The molecule has 5 nitrogen and oxygen atoms in total. The minimum absolute atomic E-state index is 0.628. The Balaban J connectivity index is 2.54. The van der Waals surface area contributed by atoms with Gasteiger partial charge in [-0.1, -0.05) is 18.2 Å². The van der Waals surface area contributed by atoms with Crippen molar-refractivity contribution in [2.24, 2.45) is 0 Å². The number of benzene rings is 1. The Morgan fingerprint density at radius 1 is 1.00 bits per heavy atom. The first kappa shape index (κ1) is 16.5. The van der Waals surface area contributed by atoms with E-state index in [0.717, 1.165) is 16.7 Å². The molecule has 0 atom stereocenters.